The van der Waals surface area contributed by atoms with Crippen molar-refractivity contribution in [1.82, 2.24) is 15.4 Å². The van der Waals surface area contributed by atoms with Gasteiger partial charge in [0.25, 0.3) is 0 Å². The van der Waals surface area contributed by atoms with Crippen LogP contribution in [0.3, 0.4) is 0 Å². The molecule has 7 heteroatoms. The highest BCUT2D eigenvalue weighted by Gasteiger charge is 2.44. The summed E-state index contributed by atoms with van der Waals surface area (Å²) >= 11 is 13.0. The third-order valence-electron chi connectivity index (χ3n) is 6.85. The van der Waals surface area contributed by atoms with Gasteiger partial charge in [-0.3, -0.25) is 0 Å². The average Bonchev–Trinajstić information content (AvgIpc) is 3.53. The molecule has 0 unspecified atom stereocenters. The van der Waals surface area contributed by atoms with E-state index in [9.17, 15) is 0 Å². The fourth-order valence-electron chi connectivity index (χ4n) is 4.98. The van der Waals surface area contributed by atoms with E-state index in [1.807, 2.05) is 30.3 Å². The molecule has 3 aromatic rings. The van der Waals surface area contributed by atoms with Gasteiger partial charge in [0, 0.05) is 36.3 Å². The Morgan fingerprint density at radius 3 is 2.39 bits per heavy atom. The Hall–Kier alpha value is -2.37. The largest absolute Gasteiger partial charge is 0.360 e. The third-order valence-corrected chi connectivity index (χ3v) is 7.48. The van der Waals surface area contributed by atoms with E-state index in [0.29, 0.717) is 16.0 Å². The van der Waals surface area contributed by atoms with E-state index in [4.69, 9.17) is 27.7 Å². The Labute approximate surface area is 191 Å². The monoisotopic (exact) mass is 452 g/mol. The maximum absolute atomic E-state index is 6.52. The lowest BCUT2D eigenvalue weighted by Crippen LogP contribution is -2.42. The van der Waals surface area contributed by atoms with Crippen molar-refractivity contribution in [2.75, 3.05) is 18.0 Å². The molecule has 0 atom stereocenters. The van der Waals surface area contributed by atoms with Gasteiger partial charge in [-0.15, -0.1) is 5.10 Å². The predicted molar refractivity (Wildman–Crippen MR) is 122 cm³/mol. The summed E-state index contributed by atoms with van der Waals surface area (Å²) in [7, 11) is 0. The van der Waals surface area contributed by atoms with Crippen molar-refractivity contribution >= 4 is 34.6 Å². The highest BCUT2D eigenvalue weighted by Crippen LogP contribution is 2.56. The van der Waals surface area contributed by atoms with Gasteiger partial charge in [-0.1, -0.05) is 40.5 Å². The minimum atomic E-state index is 0.244. The molecule has 158 valence electrons. The maximum atomic E-state index is 6.52. The van der Waals surface area contributed by atoms with Gasteiger partial charge in [0.2, 0.25) is 0 Å². The van der Waals surface area contributed by atoms with E-state index in [0.717, 1.165) is 73.6 Å². The molecule has 6 rings (SSSR count). The number of nitrogens with zero attached hydrogens (tertiary/aromatic N) is 4. The third kappa shape index (κ3) is 3.35. The van der Waals surface area contributed by atoms with E-state index in [1.165, 1.54) is 5.57 Å². The van der Waals surface area contributed by atoms with Crippen molar-refractivity contribution in [3.05, 3.63) is 64.0 Å². The normalized spacial score (nSPS) is 19.9. The Morgan fingerprint density at radius 2 is 1.74 bits per heavy atom. The molecule has 3 heterocycles. The summed E-state index contributed by atoms with van der Waals surface area (Å²) in [6, 6.07) is 9.55. The number of allylic oxidation sites excluding steroid dienone is 2. The zero-order chi connectivity index (χ0) is 21.0. The number of piperidine rings is 1. The number of aromatic nitrogens is 3. The molecule has 1 aromatic carbocycles. The summed E-state index contributed by atoms with van der Waals surface area (Å²) < 4.78 is 5.86. The minimum Gasteiger partial charge on any atom is -0.360 e. The SMILES string of the molecule is Clc1cccc(Cl)c1-c1noc(C2CC2)c1C1=CC2(CCN(c3cccnn3)CC2)C1. The number of hydrogen-bond acceptors (Lipinski definition) is 5. The molecular formula is C24H22Cl2N4O. The average molecular weight is 453 g/mol. The lowest BCUT2D eigenvalue weighted by atomic mass is 9.63. The van der Waals surface area contributed by atoms with E-state index in [-0.39, 0.29) is 5.41 Å². The number of rotatable bonds is 4. The molecule has 5 nitrogen and oxygen atoms in total. The highest BCUT2D eigenvalue weighted by atomic mass is 35.5. The first-order valence-electron chi connectivity index (χ1n) is 10.8. The summed E-state index contributed by atoms with van der Waals surface area (Å²) in [5.41, 5.74) is 4.25. The van der Waals surface area contributed by atoms with Crippen molar-refractivity contribution in [2.45, 2.75) is 38.0 Å². The van der Waals surface area contributed by atoms with Gasteiger partial charge in [0.05, 0.1) is 10.0 Å². The second kappa shape index (κ2) is 7.35. The van der Waals surface area contributed by atoms with Gasteiger partial charge < -0.3 is 9.42 Å². The van der Waals surface area contributed by atoms with Gasteiger partial charge in [-0.2, -0.15) is 5.10 Å². The predicted octanol–water partition coefficient (Wildman–Crippen LogP) is 6.39. The first-order chi connectivity index (χ1) is 15.1. The Balaban J connectivity index is 1.30. The molecule has 1 saturated carbocycles. The van der Waals surface area contributed by atoms with Crippen LogP contribution in [0.5, 0.6) is 0 Å². The Morgan fingerprint density at radius 1 is 1.00 bits per heavy atom. The van der Waals surface area contributed by atoms with Crippen LogP contribution in [0.15, 0.2) is 47.1 Å². The molecule has 2 fully saturated rings. The van der Waals surface area contributed by atoms with Crippen molar-refractivity contribution < 1.29 is 4.52 Å². The number of benzene rings is 1. The summed E-state index contributed by atoms with van der Waals surface area (Å²) in [5, 5.41) is 13.9. The van der Waals surface area contributed by atoms with Gasteiger partial charge in [0.15, 0.2) is 5.82 Å². The van der Waals surface area contributed by atoms with Crippen molar-refractivity contribution in [2.24, 2.45) is 5.41 Å². The molecule has 31 heavy (non-hydrogen) atoms. The first-order valence-corrected chi connectivity index (χ1v) is 11.6. The van der Waals surface area contributed by atoms with Gasteiger partial charge >= 0.3 is 0 Å². The standard InChI is InChI=1S/C24H22Cl2N4O/c25-17-3-1-4-18(26)21(17)22-20(23(31-29-22)15-6-7-15)16-13-24(14-16)8-11-30(12-9-24)19-5-2-10-27-28-19/h1-5,10,13,15H,6-9,11-12,14H2. The van der Waals surface area contributed by atoms with E-state index in [2.05, 4.69) is 26.3 Å². The molecule has 0 amide bonds. The van der Waals surface area contributed by atoms with Crippen molar-refractivity contribution in [3.63, 3.8) is 0 Å². The van der Waals surface area contributed by atoms with Crippen LogP contribution in [0.4, 0.5) is 5.82 Å². The summed E-state index contributed by atoms with van der Waals surface area (Å²) in [6.07, 6.45) is 9.74. The van der Waals surface area contributed by atoms with Crippen LogP contribution in [0.25, 0.3) is 16.8 Å². The fourth-order valence-corrected chi connectivity index (χ4v) is 5.55. The van der Waals surface area contributed by atoms with Crippen LogP contribution in [-0.4, -0.2) is 28.4 Å². The molecule has 0 radical (unpaired) electrons. The van der Waals surface area contributed by atoms with Gasteiger partial charge in [-0.25, -0.2) is 0 Å². The van der Waals surface area contributed by atoms with Crippen LogP contribution in [0, 0.1) is 5.41 Å². The van der Waals surface area contributed by atoms with Crippen LogP contribution in [0.1, 0.15) is 49.3 Å². The van der Waals surface area contributed by atoms with Gasteiger partial charge in [-0.05, 0) is 67.4 Å². The number of halogens is 2. The molecule has 0 N–H and O–H groups in total. The lowest BCUT2D eigenvalue weighted by molar-refractivity contribution is 0.276. The molecule has 3 aliphatic rings. The van der Waals surface area contributed by atoms with E-state index < -0.39 is 0 Å². The fraction of sp³-hybridized carbons (Fsp3) is 0.375. The molecule has 2 aliphatic carbocycles. The minimum absolute atomic E-state index is 0.244. The summed E-state index contributed by atoms with van der Waals surface area (Å²) in [6.45, 7) is 1.98. The lowest BCUT2D eigenvalue weighted by Gasteiger charge is -2.46. The van der Waals surface area contributed by atoms with Crippen LogP contribution >= 0.6 is 23.2 Å². The zero-order valence-electron chi connectivity index (χ0n) is 17.0. The van der Waals surface area contributed by atoms with Gasteiger partial charge in [0.1, 0.15) is 11.5 Å². The van der Waals surface area contributed by atoms with E-state index in [1.54, 1.807) is 6.20 Å². The maximum Gasteiger partial charge on any atom is 0.151 e. The quantitative estimate of drug-likeness (QED) is 0.458. The molecule has 2 aromatic heterocycles. The molecule has 0 bridgehead atoms. The zero-order valence-corrected chi connectivity index (χ0v) is 18.5. The molecule has 1 aliphatic heterocycles. The topological polar surface area (TPSA) is 55.1 Å². The number of anilines is 1. The molecule has 1 saturated heterocycles. The van der Waals surface area contributed by atoms with Crippen LogP contribution in [0.2, 0.25) is 10.0 Å². The van der Waals surface area contributed by atoms with E-state index >= 15 is 0 Å². The van der Waals surface area contributed by atoms with Crippen LogP contribution in [-0.2, 0) is 0 Å². The Kier molecular flexibility index (Phi) is 4.58. The second-order valence-corrected chi connectivity index (χ2v) is 9.73. The first kappa shape index (κ1) is 19.3. The Bertz CT molecular complexity index is 1140. The van der Waals surface area contributed by atoms with Crippen LogP contribution < -0.4 is 4.90 Å². The summed E-state index contributed by atoms with van der Waals surface area (Å²) in [4.78, 5) is 2.33. The molecule has 1 spiro atoms. The summed E-state index contributed by atoms with van der Waals surface area (Å²) in [5.74, 6) is 2.43. The smallest absolute Gasteiger partial charge is 0.151 e. The highest BCUT2D eigenvalue weighted by molar-refractivity contribution is 6.39. The number of hydrogen-bond donors (Lipinski definition) is 0. The van der Waals surface area contributed by atoms with Crippen molar-refractivity contribution in [1.29, 1.82) is 0 Å². The van der Waals surface area contributed by atoms with Crippen molar-refractivity contribution in [3.8, 4) is 11.3 Å². The molecular weight excluding hydrogens is 431 g/mol. The second-order valence-electron chi connectivity index (χ2n) is 8.92.